The van der Waals surface area contributed by atoms with Gasteiger partial charge in [0.05, 0.1) is 5.56 Å². The highest BCUT2D eigenvalue weighted by Gasteiger charge is 2.44. The molecule has 2 heterocycles. The van der Waals surface area contributed by atoms with Gasteiger partial charge in [-0.25, -0.2) is 4.39 Å². The maximum absolute atomic E-state index is 13.7. The third-order valence-electron chi connectivity index (χ3n) is 4.22. The quantitative estimate of drug-likeness (QED) is 0.842. The van der Waals surface area contributed by atoms with Crippen molar-refractivity contribution in [2.24, 2.45) is 5.41 Å². The van der Waals surface area contributed by atoms with Crippen molar-refractivity contribution >= 4 is 0 Å². The summed E-state index contributed by atoms with van der Waals surface area (Å²) in [5.74, 6) is -0.773. The lowest BCUT2D eigenvalue weighted by atomic mass is 9.79. The molecule has 0 unspecified atom stereocenters. The number of hydrogen-bond donors (Lipinski definition) is 1. The zero-order valence-electron chi connectivity index (χ0n) is 10.9. The van der Waals surface area contributed by atoms with Crippen LogP contribution in [0, 0.1) is 11.2 Å². The van der Waals surface area contributed by atoms with Crippen molar-refractivity contribution < 1.29 is 17.6 Å². The van der Waals surface area contributed by atoms with Gasteiger partial charge in [0.15, 0.2) is 0 Å². The number of hydrogen-bond acceptors (Lipinski definition) is 2. The Morgan fingerprint density at radius 1 is 1.25 bits per heavy atom. The van der Waals surface area contributed by atoms with Crippen molar-refractivity contribution in [1.82, 2.24) is 10.2 Å². The molecule has 0 atom stereocenters. The minimum absolute atomic E-state index is 0.308. The molecule has 1 N–H and O–H groups in total. The second-order valence-electron chi connectivity index (χ2n) is 5.88. The van der Waals surface area contributed by atoms with Crippen LogP contribution in [0.2, 0.25) is 0 Å². The van der Waals surface area contributed by atoms with Crippen molar-refractivity contribution in [3.05, 3.63) is 35.1 Å². The van der Waals surface area contributed by atoms with E-state index in [2.05, 4.69) is 10.2 Å². The summed E-state index contributed by atoms with van der Waals surface area (Å²) in [4.78, 5) is 2.08. The Hall–Kier alpha value is -1.14. The first kappa shape index (κ1) is 13.8. The molecule has 1 spiro atoms. The predicted molar refractivity (Wildman–Crippen MR) is 66.6 cm³/mol. The van der Waals surface area contributed by atoms with Crippen LogP contribution >= 0.6 is 0 Å². The summed E-state index contributed by atoms with van der Waals surface area (Å²) < 4.78 is 51.1. The molecule has 2 nitrogen and oxygen atoms in total. The fraction of sp³-hybridized carbons (Fsp3) is 0.571. The molecule has 2 fully saturated rings. The SMILES string of the molecule is Fc1cc(C(F)(F)F)ccc1CN1CC2(CCNC2)C1. The molecule has 1 aromatic rings. The van der Waals surface area contributed by atoms with Crippen molar-refractivity contribution in [1.29, 1.82) is 0 Å². The molecule has 2 aliphatic heterocycles. The fourth-order valence-electron chi connectivity index (χ4n) is 3.17. The van der Waals surface area contributed by atoms with E-state index in [0.717, 1.165) is 38.7 Å². The molecule has 0 bridgehead atoms. The molecule has 110 valence electrons. The first-order valence-corrected chi connectivity index (χ1v) is 6.67. The van der Waals surface area contributed by atoms with Crippen LogP contribution in [0.4, 0.5) is 17.6 Å². The van der Waals surface area contributed by atoms with E-state index in [0.29, 0.717) is 23.6 Å². The van der Waals surface area contributed by atoms with E-state index in [9.17, 15) is 17.6 Å². The monoisotopic (exact) mass is 288 g/mol. The summed E-state index contributed by atoms with van der Waals surface area (Å²) >= 11 is 0. The molecule has 0 amide bonds. The van der Waals surface area contributed by atoms with Gasteiger partial charge in [-0.1, -0.05) is 6.07 Å². The zero-order chi connectivity index (χ0) is 14.4. The normalized spacial score (nSPS) is 22.2. The largest absolute Gasteiger partial charge is 0.416 e. The highest BCUT2D eigenvalue weighted by atomic mass is 19.4. The van der Waals surface area contributed by atoms with E-state index < -0.39 is 17.6 Å². The van der Waals surface area contributed by atoms with Crippen molar-refractivity contribution in [2.45, 2.75) is 19.1 Å². The third kappa shape index (κ3) is 2.54. The lowest BCUT2D eigenvalue weighted by Crippen LogP contribution is -2.56. The first-order valence-electron chi connectivity index (χ1n) is 6.67. The Kier molecular flexibility index (Phi) is 3.25. The second kappa shape index (κ2) is 4.70. The van der Waals surface area contributed by atoms with Crippen LogP contribution in [0.5, 0.6) is 0 Å². The number of nitrogens with one attached hydrogen (secondary N) is 1. The molecule has 0 aromatic heterocycles. The minimum Gasteiger partial charge on any atom is -0.316 e. The molecule has 20 heavy (non-hydrogen) atoms. The van der Waals surface area contributed by atoms with Gasteiger partial charge in [0, 0.05) is 37.2 Å². The molecule has 2 aliphatic rings. The Morgan fingerprint density at radius 2 is 2.00 bits per heavy atom. The predicted octanol–water partition coefficient (Wildman–Crippen LogP) is 2.64. The molecule has 1 aromatic carbocycles. The minimum atomic E-state index is -4.49. The van der Waals surface area contributed by atoms with Crippen LogP contribution < -0.4 is 5.32 Å². The topological polar surface area (TPSA) is 15.3 Å². The van der Waals surface area contributed by atoms with Gasteiger partial charge in [0.1, 0.15) is 5.82 Å². The van der Waals surface area contributed by atoms with Gasteiger partial charge in [-0.3, -0.25) is 4.90 Å². The van der Waals surface area contributed by atoms with E-state index in [1.54, 1.807) is 0 Å². The zero-order valence-corrected chi connectivity index (χ0v) is 10.9. The second-order valence-corrected chi connectivity index (χ2v) is 5.88. The maximum atomic E-state index is 13.7. The summed E-state index contributed by atoms with van der Waals surface area (Å²) in [5, 5.41) is 3.31. The number of benzene rings is 1. The molecule has 3 rings (SSSR count). The maximum Gasteiger partial charge on any atom is 0.416 e. The van der Waals surface area contributed by atoms with Gasteiger partial charge in [-0.2, -0.15) is 13.2 Å². The molecule has 2 saturated heterocycles. The molecule has 0 aliphatic carbocycles. The van der Waals surface area contributed by atoms with Crippen LogP contribution in [0.25, 0.3) is 0 Å². The van der Waals surface area contributed by atoms with Crippen LogP contribution in [-0.2, 0) is 12.7 Å². The molecular weight excluding hydrogens is 272 g/mol. The van der Waals surface area contributed by atoms with E-state index >= 15 is 0 Å². The Labute approximate surface area is 114 Å². The average Bonchev–Trinajstić information content (AvgIpc) is 2.79. The molecule has 6 heteroatoms. The molecule has 0 saturated carbocycles. The van der Waals surface area contributed by atoms with E-state index in [1.807, 2.05) is 0 Å². The summed E-state index contributed by atoms with van der Waals surface area (Å²) in [5.41, 5.74) is -0.291. The Morgan fingerprint density at radius 3 is 2.55 bits per heavy atom. The van der Waals surface area contributed by atoms with Crippen molar-refractivity contribution in [3.8, 4) is 0 Å². The number of rotatable bonds is 2. The lowest BCUT2D eigenvalue weighted by Gasteiger charge is -2.48. The highest BCUT2D eigenvalue weighted by molar-refractivity contribution is 5.26. The first-order chi connectivity index (χ1) is 9.38. The van der Waals surface area contributed by atoms with E-state index in [4.69, 9.17) is 0 Å². The Bertz CT molecular complexity index is 498. The fourth-order valence-corrected chi connectivity index (χ4v) is 3.17. The number of nitrogens with zero attached hydrogens (tertiary/aromatic N) is 1. The summed E-state index contributed by atoms with van der Waals surface area (Å²) in [6.45, 7) is 4.16. The summed E-state index contributed by atoms with van der Waals surface area (Å²) in [7, 11) is 0. The Balaban J connectivity index is 1.64. The van der Waals surface area contributed by atoms with Crippen LogP contribution in [0.3, 0.4) is 0 Å². The van der Waals surface area contributed by atoms with Gasteiger partial charge in [-0.05, 0) is 25.1 Å². The van der Waals surface area contributed by atoms with Crippen LogP contribution in [-0.4, -0.2) is 31.1 Å². The van der Waals surface area contributed by atoms with Gasteiger partial charge in [0.25, 0.3) is 0 Å². The van der Waals surface area contributed by atoms with Crippen molar-refractivity contribution in [2.75, 3.05) is 26.2 Å². The van der Waals surface area contributed by atoms with Gasteiger partial charge < -0.3 is 5.32 Å². The standard InChI is InChI=1S/C14H16F4N2/c15-12-5-11(14(16,17)18)2-1-10(12)6-20-8-13(9-20)3-4-19-7-13/h1-2,5,19H,3-4,6-9H2. The van der Waals surface area contributed by atoms with Crippen LogP contribution in [0.1, 0.15) is 17.5 Å². The number of likely N-dealkylation sites (tertiary alicyclic amines) is 1. The molecular formula is C14H16F4N2. The summed E-state index contributed by atoms with van der Waals surface area (Å²) in [6.07, 6.45) is -3.37. The van der Waals surface area contributed by atoms with Gasteiger partial charge in [-0.15, -0.1) is 0 Å². The summed E-state index contributed by atoms with van der Waals surface area (Å²) in [6, 6.07) is 2.78. The smallest absolute Gasteiger partial charge is 0.316 e. The van der Waals surface area contributed by atoms with E-state index in [-0.39, 0.29) is 0 Å². The third-order valence-corrected chi connectivity index (χ3v) is 4.22. The number of halogens is 4. The highest BCUT2D eigenvalue weighted by Crippen LogP contribution is 2.37. The molecule has 0 radical (unpaired) electrons. The van der Waals surface area contributed by atoms with Gasteiger partial charge >= 0.3 is 6.18 Å². The van der Waals surface area contributed by atoms with Crippen molar-refractivity contribution in [3.63, 3.8) is 0 Å². The average molecular weight is 288 g/mol. The van der Waals surface area contributed by atoms with E-state index in [1.165, 1.54) is 6.07 Å². The lowest BCUT2D eigenvalue weighted by molar-refractivity contribution is -0.137. The van der Waals surface area contributed by atoms with Gasteiger partial charge in [0.2, 0.25) is 0 Å². The van der Waals surface area contributed by atoms with Crippen LogP contribution in [0.15, 0.2) is 18.2 Å². The number of alkyl halides is 3.